The highest BCUT2D eigenvalue weighted by atomic mass is 19.1. The second-order valence-corrected chi connectivity index (χ2v) is 13.9. The first-order valence-electron chi connectivity index (χ1n) is 16.7. The zero-order chi connectivity index (χ0) is 35.3. The van der Waals surface area contributed by atoms with E-state index in [9.17, 15) is 19.8 Å². The predicted molar refractivity (Wildman–Crippen MR) is 189 cm³/mol. The van der Waals surface area contributed by atoms with Gasteiger partial charge in [0.2, 0.25) is 5.91 Å². The first-order valence-corrected chi connectivity index (χ1v) is 16.7. The molecule has 4 N–H and O–H groups in total. The molecule has 2 unspecified atom stereocenters. The Hall–Kier alpha value is -4.61. The number of piperidine rings is 1. The van der Waals surface area contributed by atoms with E-state index in [0.29, 0.717) is 30.8 Å². The lowest BCUT2D eigenvalue weighted by Gasteiger charge is -2.35. The average molecular weight is 672 g/mol. The normalized spacial score (nSPS) is 16.6. The van der Waals surface area contributed by atoms with E-state index in [0.717, 1.165) is 46.2 Å². The Labute approximate surface area is 286 Å². The molecule has 2 amide bonds. The zero-order valence-electron chi connectivity index (χ0n) is 28.6. The summed E-state index contributed by atoms with van der Waals surface area (Å²) in [6, 6.07) is 16.5. The van der Waals surface area contributed by atoms with Gasteiger partial charge in [0.05, 0.1) is 24.8 Å². The van der Waals surface area contributed by atoms with Crippen LogP contribution in [0.25, 0.3) is 22.0 Å². The monoisotopic (exact) mass is 671 g/mol. The number of nitrogens with two attached hydrogens (primary N) is 1. The molecule has 0 bridgehead atoms. The van der Waals surface area contributed by atoms with Crippen LogP contribution in [0.2, 0.25) is 0 Å². The summed E-state index contributed by atoms with van der Waals surface area (Å²) in [7, 11) is 0. The molecule has 3 heterocycles. The van der Waals surface area contributed by atoms with E-state index in [1.807, 2.05) is 48.2 Å². The largest absolute Gasteiger partial charge is 0.442 e. The number of rotatable bonds is 10. The smallest absolute Gasteiger partial charge is 0.433 e. The van der Waals surface area contributed by atoms with Crippen molar-refractivity contribution < 1.29 is 28.9 Å². The molecule has 2 aromatic heterocycles. The van der Waals surface area contributed by atoms with Crippen LogP contribution in [0.4, 0.5) is 15.0 Å². The third-order valence-electron chi connectivity index (χ3n) is 8.89. The number of hydrogen-bond acceptors (Lipinski definition) is 7. The van der Waals surface area contributed by atoms with Gasteiger partial charge in [0, 0.05) is 60.4 Å². The van der Waals surface area contributed by atoms with Gasteiger partial charge in [0.25, 0.3) is 0 Å². The lowest BCUT2D eigenvalue weighted by molar-refractivity contribution is -0.133. The zero-order valence-corrected chi connectivity index (χ0v) is 28.6. The van der Waals surface area contributed by atoms with Crippen LogP contribution in [-0.2, 0) is 22.5 Å². The van der Waals surface area contributed by atoms with Crippen molar-refractivity contribution in [3.05, 3.63) is 83.4 Å². The van der Waals surface area contributed by atoms with Crippen LogP contribution < -0.4 is 5.73 Å². The Balaban J connectivity index is 1.36. The molecule has 4 aromatic rings. The van der Waals surface area contributed by atoms with Crippen molar-refractivity contribution in [2.45, 2.75) is 77.5 Å². The van der Waals surface area contributed by atoms with E-state index in [4.69, 9.17) is 10.5 Å². The number of nitrogen functional groups attached to an aromatic ring is 1. The maximum atomic E-state index is 15.2. The second-order valence-electron chi connectivity index (χ2n) is 13.9. The summed E-state index contributed by atoms with van der Waals surface area (Å²) >= 11 is 0. The number of halogens is 1. The molecule has 3 atom stereocenters. The fourth-order valence-corrected chi connectivity index (χ4v) is 6.66. The summed E-state index contributed by atoms with van der Waals surface area (Å²) in [5.74, 6) is -0.502. The number of amides is 2. The molecule has 1 aliphatic heterocycles. The number of aromatic nitrogens is 2. The van der Waals surface area contributed by atoms with E-state index in [2.05, 4.69) is 9.98 Å². The molecule has 1 fully saturated rings. The number of anilines is 1. The highest BCUT2D eigenvalue weighted by Gasteiger charge is 2.31. The Bertz CT molecular complexity index is 1800. The van der Waals surface area contributed by atoms with Gasteiger partial charge in [-0.25, -0.2) is 14.2 Å². The minimum Gasteiger partial charge on any atom is -0.442 e. The minimum atomic E-state index is -1.06. The predicted octanol–water partition coefficient (Wildman–Crippen LogP) is 6.05. The fourth-order valence-electron chi connectivity index (χ4n) is 6.66. The molecule has 1 saturated heterocycles. The van der Waals surface area contributed by atoms with Crippen LogP contribution in [0.3, 0.4) is 0 Å². The number of para-hydroxylation sites is 1. The first-order chi connectivity index (χ1) is 23.3. The maximum Gasteiger partial charge on any atom is 0.433 e. The van der Waals surface area contributed by atoms with Gasteiger partial charge in [-0.2, -0.15) is 4.99 Å². The van der Waals surface area contributed by atoms with Gasteiger partial charge in [-0.05, 0) is 81.8 Å². The van der Waals surface area contributed by atoms with Gasteiger partial charge in [-0.15, -0.1) is 0 Å². The van der Waals surface area contributed by atoms with Crippen molar-refractivity contribution in [3.8, 4) is 11.1 Å². The molecule has 0 aliphatic carbocycles. The van der Waals surface area contributed by atoms with Crippen molar-refractivity contribution in [1.82, 2.24) is 14.5 Å². The number of carbonyl (C=O) groups is 2. The number of aryl methyl sites for hydroxylation is 1. The molecular formula is C38H46FN5O5. The highest BCUT2D eigenvalue weighted by molar-refractivity contribution is 5.87. The van der Waals surface area contributed by atoms with Crippen molar-refractivity contribution in [2.75, 3.05) is 25.4 Å². The number of aliphatic hydroxyl groups is 2. The molecule has 11 heteroatoms. The number of pyridine rings is 1. The number of carbonyl (C=O) groups excluding carboxylic acids is 2. The third kappa shape index (κ3) is 8.90. The highest BCUT2D eigenvalue weighted by Crippen LogP contribution is 2.37. The molecule has 260 valence electrons. The van der Waals surface area contributed by atoms with E-state index >= 15 is 4.39 Å². The average Bonchev–Trinajstić information content (AvgIpc) is 3.35. The van der Waals surface area contributed by atoms with Crippen LogP contribution in [-0.4, -0.2) is 74.3 Å². The summed E-state index contributed by atoms with van der Waals surface area (Å²) in [4.78, 5) is 36.5. The molecule has 1 aliphatic rings. The Kier molecular flexibility index (Phi) is 11.1. The van der Waals surface area contributed by atoms with E-state index in [1.165, 1.54) is 12.3 Å². The molecule has 10 nitrogen and oxygen atoms in total. The molecule has 0 spiro atoms. The van der Waals surface area contributed by atoms with Crippen molar-refractivity contribution in [1.29, 1.82) is 0 Å². The van der Waals surface area contributed by atoms with Gasteiger partial charge in [-0.1, -0.05) is 36.4 Å². The van der Waals surface area contributed by atoms with Gasteiger partial charge >= 0.3 is 6.09 Å². The van der Waals surface area contributed by atoms with Gasteiger partial charge in [0.15, 0.2) is 0 Å². The molecule has 0 radical (unpaired) electrons. The topological polar surface area (TPSA) is 143 Å². The van der Waals surface area contributed by atoms with Crippen LogP contribution in [0.1, 0.15) is 62.8 Å². The van der Waals surface area contributed by atoms with Crippen LogP contribution >= 0.6 is 0 Å². The number of likely N-dealkylation sites (tertiary alicyclic amines) is 1. The number of ether oxygens (including phenoxy) is 1. The van der Waals surface area contributed by atoms with Crippen molar-refractivity contribution in [3.63, 3.8) is 0 Å². The quantitative estimate of drug-likeness (QED) is 0.174. The number of benzene rings is 2. The van der Waals surface area contributed by atoms with E-state index in [-0.39, 0.29) is 30.7 Å². The molecule has 5 rings (SSSR count). The van der Waals surface area contributed by atoms with Crippen LogP contribution in [0.15, 0.2) is 65.8 Å². The number of aliphatic imine (C=N–C) groups is 1. The molecule has 0 saturated carbocycles. The lowest BCUT2D eigenvalue weighted by Crippen LogP contribution is -2.41. The van der Waals surface area contributed by atoms with Gasteiger partial charge < -0.3 is 30.2 Å². The van der Waals surface area contributed by atoms with Gasteiger partial charge in [0.1, 0.15) is 17.2 Å². The third-order valence-corrected chi connectivity index (χ3v) is 8.89. The summed E-state index contributed by atoms with van der Waals surface area (Å²) in [5.41, 5.74) is 10.1. The summed E-state index contributed by atoms with van der Waals surface area (Å²) < 4.78 is 22.3. The van der Waals surface area contributed by atoms with E-state index < -0.39 is 30.2 Å². The second kappa shape index (κ2) is 15.3. The molecule has 49 heavy (non-hydrogen) atoms. The Morgan fingerprint density at radius 2 is 1.88 bits per heavy atom. The lowest BCUT2D eigenvalue weighted by atomic mass is 9.90. The van der Waals surface area contributed by atoms with Crippen molar-refractivity contribution >= 4 is 34.9 Å². The Morgan fingerprint density at radius 1 is 1.14 bits per heavy atom. The molecule has 2 aromatic carbocycles. The van der Waals surface area contributed by atoms with Crippen LogP contribution in [0, 0.1) is 18.7 Å². The fraction of sp³-hybridized carbons (Fsp3) is 0.421. The van der Waals surface area contributed by atoms with Crippen molar-refractivity contribution in [2.24, 2.45) is 10.9 Å². The first kappa shape index (κ1) is 35.7. The number of fused-ring (bicyclic) bond motifs is 1. The summed E-state index contributed by atoms with van der Waals surface area (Å²) in [6.07, 6.45) is 3.61. The number of aliphatic hydroxyl groups excluding tert-OH is 2. The maximum absolute atomic E-state index is 15.2. The SMILES string of the molecule is Cc1c(C2CCCN(C(=O)CC(C=NC(=O)OC(C)(C)C)Cc3ccc(-c4ccc(N)nc4)cc3)C2)n(C[C@@H](O)CO)c2c(F)cccc12. The number of nitrogens with zero attached hydrogens (tertiary/aromatic N) is 4. The number of hydrogen-bond donors (Lipinski definition) is 3. The summed E-state index contributed by atoms with van der Waals surface area (Å²) in [5, 5.41) is 20.7. The van der Waals surface area contributed by atoms with Crippen LogP contribution in [0.5, 0.6) is 0 Å². The van der Waals surface area contributed by atoms with E-state index in [1.54, 1.807) is 43.7 Å². The summed E-state index contributed by atoms with van der Waals surface area (Å²) in [6.45, 7) is 7.84. The van der Waals surface area contributed by atoms with Gasteiger partial charge in [-0.3, -0.25) is 4.79 Å². The standard InChI is InChI=1S/C38H46FN5O5/c1-24-31-8-5-9-32(39)36(31)44(22-30(46)23-45)35(24)29-7-6-16-43(21-29)34(47)18-26(19-42-37(48)49-38(2,3)4)17-25-10-12-27(13-11-25)28-14-15-33(40)41-20-28/h5,8-15,19-20,26,29-30,45-46H,6-7,16-18,21-23H2,1-4H3,(H2,40,41)/t26?,29?,30-/m1/s1. The Morgan fingerprint density at radius 3 is 2.55 bits per heavy atom. The molecular weight excluding hydrogens is 625 g/mol. The minimum absolute atomic E-state index is 0.0401.